The van der Waals surface area contributed by atoms with Crippen LogP contribution in [0.15, 0.2) is 30.5 Å². The summed E-state index contributed by atoms with van der Waals surface area (Å²) in [5.74, 6) is 0. The molecule has 0 saturated heterocycles. The van der Waals surface area contributed by atoms with Crippen LogP contribution in [0.5, 0.6) is 0 Å². The Morgan fingerprint density at radius 3 is 2.85 bits per heavy atom. The molecule has 13 heavy (non-hydrogen) atoms. The van der Waals surface area contributed by atoms with Crippen molar-refractivity contribution in [3.63, 3.8) is 0 Å². The fourth-order valence-corrected chi connectivity index (χ4v) is 1.09. The molecule has 0 spiro atoms. The number of allylic oxidation sites excluding steroid dienone is 2. The highest BCUT2D eigenvalue weighted by Crippen LogP contribution is 2.11. The van der Waals surface area contributed by atoms with Gasteiger partial charge in [-0.25, -0.2) is 0 Å². The Morgan fingerprint density at radius 1 is 1.46 bits per heavy atom. The number of pyridine rings is 1. The second-order valence-electron chi connectivity index (χ2n) is 3.17. The predicted octanol–water partition coefficient (Wildman–Crippen LogP) is 2.27. The van der Waals surface area contributed by atoms with Crippen LogP contribution in [0, 0.1) is 0 Å². The largest absolute Gasteiger partial charge is 0.378 e. The Bertz CT molecular complexity index is 290. The molecule has 1 rings (SSSR count). The first-order valence-corrected chi connectivity index (χ1v) is 4.47. The van der Waals surface area contributed by atoms with Crippen molar-refractivity contribution in [1.29, 1.82) is 0 Å². The molecule has 2 nitrogen and oxygen atoms in total. The minimum absolute atomic E-state index is 0.915. The van der Waals surface area contributed by atoms with Crippen LogP contribution in [0.1, 0.15) is 12.6 Å². The molecule has 0 aliphatic carbocycles. The molecule has 0 fully saturated rings. The lowest BCUT2D eigenvalue weighted by molar-refractivity contribution is 1.07. The monoisotopic (exact) mass is 176 g/mol. The van der Waals surface area contributed by atoms with Gasteiger partial charge in [0.05, 0.1) is 0 Å². The third-order valence-corrected chi connectivity index (χ3v) is 1.88. The molecule has 70 valence electrons. The maximum absolute atomic E-state index is 4.28. The summed E-state index contributed by atoms with van der Waals surface area (Å²) < 4.78 is 0. The van der Waals surface area contributed by atoms with Gasteiger partial charge in [0.25, 0.3) is 0 Å². The molecule has 0 unspecified atom stereocenters. The molecule has 0 aliphatic heterocycles. The first-order valence-electron chi connectivity index (χ1n) is 4.47. The number of anilines is 1. The summed E-state index contributed by atoms with van der Waals surface area (Å²) in [6.07, 6.45) is 6.93. The zero-order valence-electron chi connectivity index (χ0n) is 8.49. The summed E-state index contributed by atoms with van der Waals surface area (Å²) in [7, 11) is 4.07. The Labute approximate surface area is 79.9 Å². The van der Waals surface area contributed by atoms with E-state index in [1.807, 2.05) is 39.4 Å². The van der Waals surface area contributed by atoms with Gasteiger partial charge < -0.3 is 4.90 Å². The lowest BCUT2D eigenvalue weighted by Crippen LogP contribution is -2.09. The zero-order chi connectivity index (χ0) is 9.68. The van der Waals surface area contributed by atoms with Crippen molar-refractivity contribution in [3.8, 4) is 0 Å². The molecule has 0 saturated carbocycles. The van der Waals surface area contributed by atoms with Crippen LogP contribution in [-0.2, 0) is 6.42 Å². The molecule has 0 bridgehead atoms. The quantitative estimate of drug-likeness (QED) is 0.657. The second kappa shape index (κ2) is 4.65. The topological polar surface area (TPSA) is 16.1 Å². The SMILES string of the molecule is CC=CCc1cc(N(C)C)ccn1. The molecule has 1 aromatic heterocycles. The zero-order valence-corrected chi connectivity index (χ0v) is 8.49. The van der Waals surface area contributed by atoms with Gasteiger partial charge in [-0.3, -0.25) is 4.98 Å². The van der Waals surface area contributed by atoms with Crippen molar-refractivity contribution in [1.82, 2.24) is 4.98 Å². The Morgan fingerprint density at radius 2 is 2.23 bits per heavy atom. The van der Waals surface area contributed by atoms with E-state index in [4.69, 9.17) is 0 Å². The highest BCUT2D eigenvalue weighted by Gasteiger charge is 1.96. The van der Waals surface area contributed by atoms with E-state index in [0.29, 0.717) is 0 Å². The lowest BCUT2D eigenvalue weighted by Gasteiger charge is -2.12. The first-order chi connectivity index (χ1) is 6.24. The number of hydrogen-bond donors (Lipinski definition) is 0. The van der Waals surface area contributed by atoms with Gasteiger partial charge in [0.15, 0.2) is 0 Å². The fraction of sp³-hybridized carbons (Fsp3) is 0.364. The van der Waals surface area contributed by atoms with Crippen LogP contribution >= 0.6 is 0 Å². The van der Waals surface area contributed by atoms with Crippen LogP contribution < -0.4 is 4.90 Å². The third-order valence-electron chi connectivity index (χ3n) is 1.88. The smallest absolute Gasteiger partial charge is 0.0461 e. The molecule has 2 heteroatoms. The van der Waals surface area contributed by atoms with Gasteiger partial charge in [-0.2, -0.15) is 0 Å². The van der Waals surface area contributed by atoms with Crippen molar-refractivity contribution < 1.29 is 0 Å². The predicted molar refractivity (Wildman–Crippen MR) is 57.1 cm³/mol. The summed E-state index contributed by atoms with van der Waals surface area (Å²) in [5, 5.41) is 0. The molecule has 1 aromatic rings. The normalized spacial score (nSPS) is 10.7. The average molecular weight is 176 g/mol. The molecule has 1 heterocycles. The molecule has 0 aliphatic rings. The average Bonchev–Trinajstić information content (AvgIpc) is 2.15. The number of hydrogen-bond acceptors (Lipinski definition) is 2. The van der Waals surface area contributed by atoms with E-state index >= 15 is 0 Å². The van der Waals surface area contributed by atoms with Crippen LogP contribution in [0.4, 0.5) is 5.69 Å². The van der Waals surface area contributed by atoms with Crippen LogP contribution in [-0.4, -0.2) is 19.1 Å². The number of aromatic nitrogens is 1. The molecular weight excluding hydrogens is 160 g/mol. The maximum Gasteiger partial charge on any atom is 0.0461 e. The van der Waals surface area contributed by atoms with Crippen molar-refractivity contribution in [3.05, 3.63) is 36.2 Å². The van der Waals surface area contributed by atoms with Crippen molar-refractivity contribution in [2.24, 2.45) is 0 Å². The fourth-order valence-electron chi connectivity index (χ4n) is 1.09. The van der Waals surface area contributed by atoms with Gasteiger partial charge in [0.2, 0.25) is 0 Å². The van der Waals surface area contributed by atoms with Crippen LogP contribution in [0.2, 0.25) is 0 Å². The van der Waals surface area contributed by atoms with E-state index in [0.717, 1.165) is 12.1 Å². The van der Waals surface area contributed by atoms with Gasteiger partial charge in [0.1, 0.15) is 0 Å². The Balaban J connectivity index is 2.79. The molecule has 0 N–H and O–H groups in total. The van der Waals surface area contributed by atoms with Gasteiger partial charge in [-0.15, -0.1) is 0 Å². The van der Waals surface area contributed by atoms with E-state index in [9.17, 15) is 0 Å². The summed E-state index contributed by atoms with van der Waals surface area (Å²) >= 11 is 0. The van der Waals surface area contributed by atoms with Crippen LogP contribution in [0.25, 0.3) is 0 Å². The molecule has 0 radical (unpaired) electrons. The summed E-state index contributed by atoms with van der Waals surface area (Å²) in [5.41, 5.74) is 2.32. The Hall–Kier alpha value is -1.31. The lowest BCUT2D eigenvalue weighted by atomic mass is 10.2. The third kappa shape index (κ3) is 2.90. The summed E-state index contributed by atoms with van der Waals surface area (Å²) in [4.78, 5) is 6.37. The van der Waals surface area contributed by atoms with Crippen molar-refractivity contribution in [2.75, 3.05) is 19.0 Å². The Kier molecular flexibility index (Phi) is 3.50. The molecule has 0 amide bonds. The number of nitrogens with zero attached hydrogens (tertiary/aromatic N) is 2. The molecule has 0 aromatic carbocycles. The van der Waals surface area contributed by atoms with Gasteiger partial charge in [-0.1, -0.05) is 12.2 Å². The molecular formula is C11H16N2. The van der Waals surface area contributed by atoms with Crippen molar-refractivity contribution in [2.45, 2.75) is 13.3 Å². The number of rotatable bonds is 3. The minimum atomic E-state index is 0.915. The van der Waals surface area contributed by atoms with E-state index in [2.05, 4.69) is 22.0 Å². The molecule has 0 atom stereocenters. The van der Waals surface area contributed by atoms with E-state index in [1.54, 1.807) is 0 Å². The highest BCUT2D eigenvalue weighted by atomic mass is 15.1. The standard InChI is InChI=1S/C11H16N2/c1-4-5-6-10-9-11(13(2)3)7-8-12-10/h4-5,7-9H,6H2,1-3H3. The van der Waals surface area contributed by atoms with Crippen LogP contribution in [0.3, 0.4) is 0 Å². The maximum atomic E-state index is 4.28. The van der Waals surface area contributed by atoms with Gasteiger partial charge in [-0.05, 0) is 19.1 Å². The van der Waals surface area contributed by atoms with E-state index < -0.39 is 0 Å². The second-order valence-corrected chi connectivity index (χ2v) is 3.17. The van der Waals surface area contributed by atoms with Crippen molar-refractivity contribution >= 4 is 5.69 Å². The highest BCUT2D eigenvalue weighted by molar-refractivity contribution is 5.44. The van der Waals surface area contributed by atoms with E-state index in [-0.39, 0.29) is 0 Å². The first kappa shape index (κ1) is 9.78. The van der Waals surface area contributed by atoms with Gasteiger partial charge >= 0.3 is 0 Å². The van der Waals surface area contributed by atoms with Gasteiger partial charge in [0, 0.05) is 38.1 Å². The minimum Gasteiger partial charge on any atom is -0.378 e. The van der Waals surface area contributed by atoms with E-state index in [1.165, 1.54) is 5.69 Å². The summed E-state index contributed by atoms with van der Waals surface area (Å²) in [6, 6.07) is 4.12. The summed E-state index contributed by atoms with van der Waals surface area (Å²) in [6.45, 7) is 2.02.